The molecule has 3 rings (SSSR count). The van der Waals surface area contributed by atoms with Crippen LogP contribution in [0.15, 0.2) is 30.3 Å². The Bertz CT molecular complexity index is 833. The number of nitro groups is 1. The average molecular weight is 359 g/mol. The standard InChI is InChI=1S/C18H21N3O5/c1-12(20-7-9-26-10-8-20)19-18(22)15-11-16(21(23)24)13-5-3-4-6-14(13)17(15)25-2/h3-6,11-12H,7-10H2,1-2H3,(H,19,22). The average Bonchev–Trinajstić information content (AvgIpc) is 2.66. The summed E-state index contributed by atoms with van der Waals surface area (Å²) in [6.07, 6.45) is -0.221. The highest BCUT2D eigenvalue weighted by molar-refractivity contribution is 6.07. The van der Waals surface area contributed by atoms with Gasteiger partial charge in [0.25, 0.3) is 11.6 Å². The minimum Gasteiger partial charge on any atom is -0.495 e. The summed E-state index contributed by atoms with van der Waals surface area (Å²) in [5, 5.41) is 15.3. The van der Waals surface area contributed by atoms with Crippen molar-refractivity contribution in [3.05, 3.63) is 46.0 Å². The van der Waals surface area contributed by atoms with E-state index in [4.69, 9.17) is 9.47 Å². The fourth-order valence-electron chi connectivity index (χ4n) is 3.19. The van der Waals surface area contributed by atoms with Crippen molar-refractivity contribution in [2.75, 3.05) is 33.4 Å². The lowest BCUT2D eigenvalue weighted by Crippen LogP contribution is -2.50. The van der Waals surface area contributed by atoms with Crippen molar-refractivity contribution in [2.45, 2.75) is 13.1 Å². The minimum atomic E-state index is -0.482. The Labute approximate surface area is 150 Å². The van der Waals surface area contributed by atoms with Crippen molar-refractivity contribution in [3.8, 4) is 5.75 Å². The van der Waals surface area contributed by atoms with Gasteiger partial charge in [-0.25, -0.2) is 0 Å². The molecular formula is C18H21N3O5. The SMILES string of the molecule is COc1c(C(=O)NC(C)N2CCOCC2)cc([N+](=O)[O-])c2ccccc12. The number of morpholine rings is 1. The maximum absolute atomic E-state index is 12.8. The van der Waals surface area contributed by atoms with Crippen LogP contribution in [0.2, 0.25) is 0 Å². The van der Waals surface area contributed by atoms with Gasteiger partial charge < -0.3 is 14.8 Å². The number of amides is 1. The number of methoxy groups -OCH3 is 1. The molecular weight excluding hydrogens is 338 g/mol. The van der Waals surface area contributed by atoms with Gasteiger partial charge in [0, 0.05) is 24.5 Å². The number of hydrogen-bond acceptors (Lipinski definition) is 6. The minimum absolute atomic E-state index is 0.120. The van der Waals surface area contributed by atoms with Crippen molar-refractivity contribution in [1.82, 2.24) is 10.2 Å². The van der Waals surface area contributed by atoms with E-state index in [2.05, 4.69) is 10.2 Å². The molecule has 0 bridgehead atoms. The van der Waals surface area contributed by atoms with Crippen LogP contribution in [-0.4, -0.2) is 55.3 Å². The van der Waals surface area contributed by atoms with Crippen LogP contribution >= 0.6 is 0 Å². The van der Waals surface area contributed by atoms with Crippen molar-refractivity contribution in [2.24, 2.45) is 0 Å². The first-order valence-corrected chi connectivity index (χ1v) is 8.39. The first kappa shape index (κ1) is 18.1. The molecule has 1 aliphatic heterocycles. The van der Waals surface area contributed by atoms with Crippen LogP contribution in [0.5, 0.6) is 5.75 Å². The Hall–Kier alpha value is -2.71. The van der Waals surface area contributed by atoms with Crippen molar-refractivity contribution in [1.29, 1.82) is 0 Å². The molecule has 1 saturated heterocycles. The van der Waals surface area contributed by atoms with E-state index >= 15 is 0 Å². The first-order valence-electron chi connectivity index (χ1n) is 8.39. The molecule has 1 heterocycles. The number of ether oxygens (including phenoxy) is 2. The molecule has 0 aromatic heterocycles. The number of benzene rings is 2. The third-order valence-electron chi connectivity index (χ3n) is 4.55. The van der Waals surface area contributed by atoms with E-state index in [1.54, 1.807) is 24.3 Å². The Morgan fingerprint density at radius 2 is 1.96 bits per heavy atom. The van der Waals surface area contributed by atoms with Crippen LogP contribution in [0.25, 0.3) is 10.8 Å². The van der Waals surface area contributed by atoms with Crippen molar-refractivity contribution in [3.63, 3.8) is 0 Å². The summed E-state index contributed by atoms with van der Waals surface area (Å²) in [7, 11) is 1.45. The lowest BCUT2D eigenvalue weighted by Gasteiger charge is -2.32. The maximum atomic E-state index is 12.8. The Morgan fingerprint density at radius 3 is 2.58 bits per heavy atom. The highest BCUT2D eigenvalue weighted by Gasteiger charge is 2.25. The molecule has 1 N–H and O–H groups in total. The van der Waals surface area contributed by atoms with Crippen molar-refractivity contribution < 1.29 is 19.2 Å². The second kappa shape index (κ2) is 7.67. The molecule has 1 atom stereocenters. The van der Waals surface area contributed by atoms with E-state index in [-0.39, 0.29) is 17.4 Å². The van der Waals surface area contributed by atoms with Crippen LogP contribution in [0.3, 0.4) is 0 Å². The smallest absolute Gasteiger partial charge is 0.278 e. The van der Waals surface area contributed by atoms with Gasteiger partial charge in [0.2, 0.25) is 0 Å². The summed E-state index contributed by atoms with van der Waals surface area (Å²) in [4.78, 5) is 25.9. The normalized spacial score (nSPS) is 16.2. The predicted octanol–water partition coefficient (Wildman–Crippen LogP) is 2.16. The highest BCUT2D eigenvalue weighted by Crippen LogP contribution is 2.36. The zero-order valence-corrected chi connectivity index (χ0v) is 14.7. The zero-order chi connectivity index (χ0) is 18.7. The fourth-order valence-corrected chi connectivity index (χ4v) is 3.19. The summed E-state index contributed by atoms with van der Waals surface area (Å²) in [6, 6.07) is 8.11. The lowest BCUT2D eigenvalue weighted by molar-refractivity contribution is -0.383. The van der Waals surface area contributed by atoms with E-state index in [0.29, 0.717) is 29.7 Å². The molecule has 1 fully saturated rings. The van der Waals surface area contributed by atoms with Gasteiger partial charge in [-0.05, 0) is 13.0 Å². The molecule has 0 radical (unpaired) electrons. The summed E-state index contributed by atoms with van der Waals surface area (Å²) >= 11 is 0. The zero-order valence-electron chi connectivity index (χ0n) is 14.7. The molecule has 138 valence electrons. The largest absolute Gasteiger partial charge is 0.495 e. The number of rotatable bonds is 5. The Morgan fingerprint density at radius 1 is 1.31 bits per heavy atom. The fraction of sp³-hybridized carbons (Fsp3) is 0.389. The van der Waals surface area contributed by atoms with Crippen LogP contribution < -0.4 is 10.1 Å². The topological polar surface area (TPSA) is 93.9 Å². The number of non-ortho nitro benzene ring substituents is 1. The number of carbonyl (C=O) groups excluding carboxylic acids is 1. The summed E-state index contributed by atoms with van der Waals surface area (Å²) < 4.78 is 10.7. The Balaban J connectivity index is 1.97. The van der Waals surface area contributed by atoms with Gasteiger partial charge in [0.05, 0.1) is 42.4 Å². The third kappa shape index (κ3) is 3.47. The number of hydrogen-bond donors (Lipinski definition) is 1. The number of nitro benzene ring substituents is 1. The van der Waals surface area contributed by atoms with Crippen LogP contribution in [0.1, 0.15) is 17.3 Å². The molecule has 2 aromatic rings. The first-order chi connectivity index (χ1) is 12.5. The monoisotopic (exact) mass is 359 g/mol. The van der Waals surface area contributed by atoms with E-state index in [1.807, 2.05) is 6.92 Å². The lowest BCUT2D eigenvalue weighted by atomic mass is 10.0. The van der Waals surface area contributed by atoms with E-state index < -0.39 is 10.8 Å². The second-order valence-electron chi connectivity index (χ2n) is 6.08. The van der Waals surface area contributed by atoms with E-state index in [9.17, 15) is 14.9 Å². The molecule has 1 unspecified atom stereocenters. The molecule has 26 heavy (non-hydrogen) atoms. The second-order valence-corrected chi connectivity index (χ2v) is 6.08. The molecule has 1 amide bonds. The molecule has 8 nitrogen and oxygen atoms in total. The van der Waals surface area contributed by atoms with Gasteiger partial charge in [-0.1, -0.05) is 18.2 Å². The molecule has 2 aromatic carbocycles. The van der Waals surface area contributed by atoms with Gasteiger partial charge in [-0.3, -0.25) is 19.8 Å². The third-order valence-corrected chi connectivity index (χ3v) is 4.55. The van der Waals surface area contributed by atoms with Gasteiger partial charge in [-0.2, -0.15) is 0 Å². The van der Waals surface area contributed by atoms with Gasteiger partial charge in [-0.15, -0.1) is 0 Å². The van der Waals surface area contributed by atoms with Crippen molar-refractivity contribution >= 4 is 22.4 Å². The molecule has 0 saturated carbocycles. The number of carbonyl (C=O) groups is 1. The molecule has 0 spiro atoms. The van der Waals surface area contributed by atoms with Crippen LogP contribution in [0, 0.1) is 10.1 Å². The Kier molecular flexibility index (Phi) is 5.34. The summed E-state index contributed by atoms with van der Waals surface area (Å²) in [6.45, 7) is 4.55. The summed E-state index contributed by atoms with van der Waals surface area (Å²) in [5.74, 6) is -0.0763. The van der Waals surface area contributed by atoms with Crippen LogP contribution in [0.4, 0.5) is 5.69 Å². The number of nitrogens with one attached hydrogen (secondary N) is 1. The predicted molar refractivity (Wildman–Crippen MR) is 96.5 cm³/mol. The van der Waals surface area contributed by atoms with E-state index in [0.717, 1.165) is 13.1 Å². The van der Waals surface area contributed by atoms with Gasteiger partial charge in [0.15, 0.2) is 0 Å². The quantitative estimate of drug-likeness (QED) is 0.649. The highest BCUT2D eigenvalue weighted by atomic mass is 16.6. The maximum Gasteiger partial charge on any atom is 0.278 e. The molecule has 1 aliphatic rings. The van der Waals surface area contributed by atoms with Gasteiger partial charge >= 0.3 is 0 Å². The summed E-state index contributed by atoms with van der Waals surface area (Å²) in [5.41, 5.74) is 0.0311. The van der Waals surface area contributed by atoms with Crippen LogP contribution in [-0.2, 0) is 4.74 Å². The number of nitrogens with zero attached hydrogens (tertiary/aromatic N) is 2. The number of fused-ring (bicyclic) bond motifs is 1. The van der Waals surface area contributed by atoms with Gasteiger partial charge in [0.1, 0.15) is 5.75 Å². The van der Waals surface area contributed by atoms with E-state index in [1.165, 1.54) is 13.2 Å². The molecule has 0 aliphatic carbocycles. The molecule has 8 heteroatoms.